The number of pyridine rings is 1. The van der Waals surface area contributed by atoms with E-state index in [2.05, 4.69) is 20.8 Å². The van der Waals surface area contributed by atoms with Crippen LogP contribution >= 0.6 is 23.1 Å². The van der Waals surface area contributed by atoms with Crippen LogP contribution in [0.15, 0.2) is 58.0 Å². The van der Waals surface area contributed by atoms with Gasteiger partial charge in [0.15, 0.2) is 23.2 Å². The molecule has 2 atom stereocenters. The number of rotatable bonds is 13. The molecule has 1 aliphatic carbocycles. The highest BCUT2D eigenvalue weighted by molar-refractivity contribution is 8.00. The largest absolute Gasteiger partial charge is 0.477 e. The van der Waals surface area contributed by atoms with Crippen LogP contribution in [0.2, 0.25) is 0 Å². The van der Waals surface area contributed by atoms with Crippen molar-refractivity contribution in [3.8, 4) is 0 Å². The van der Waals surface area contributed by atoms with E-state index in [0.717, 1.165) is 47.5 Å². The Morgan fingerprint density at radius 3 is 2.64 bits per heavy atom. The molecule has 6 rings (SSSR count). The lowest BCUT2D eigenvalue weighted by molar-refractivity contribution is -0.684. The topological polar surface area (TPSA) is 221 Å². The molecule has 4 amide bonds. The molecule has 0 spiro atoms. The molecule has 2 aromatic heterocycles. The van der Waals surface area contributed by atoms with Gasteiger partial charge in [-0.1, -0.05) is 5.16 Å². The Balaban J connectivity index is 1.11. The molecule has 0 bridgehead atoms. The van der Waals surface area contributed by atoms with Crippen LogP contribution in [-0.4, -0.2) is 103 Å². The second-order valence-electron chi connectivity index (χ2n) is 12.2. The number of carboxylic acid groups (broad SMARTS) is 1. The number of thioether (sulfide) groups is 1. The van der Waals surface area contributed by atoms with Crippen molar-refractivity contribution in [3.05, 3.63) is 64.1 Å². The van der Waals surface area contributed by atoms with Crippen molar-refractivity contribution < 1.29 is 43.6 Å². The number of fused-ring (bicyclic) bond motifs is 1. The molecule has 16 nitrogen and oxygen atoms in total. The first-order valence-electron chi connectivity index (χ1n) is 16.2. The number of carbonyl (C=O) groups is 5. The van der Waals surface area contributed by atoms with E-state index in [9.17, 15) is 29.1 Å². The summed E-state index contributed by atoms with van der Waals surface area (Å²) in [7, 11) is 0. The maximum Gasteiger partial charge on any atom is 0.352 e. The Labute approximate surface area is 295 Å². The first kappa shape index (κ1) is 35.0. The quantitative estimate of drug-likeness (QED) is 0.0603. The Hall–Kier alpha value is -4.81. The van der Waals surface area contributed by atoms with Crippen LogP contribution in [0.5, 0.6) is 0 Å². The van der Waals surface area contributed by atoms with E-state index in [0.29, 0.717) is 30.7 Å². The number of allylic oxidation sites excluding steroid dienone is 1. The van der Waals surface area contributed by atoms with E-state index in [1.807, 2.05) is 12.1 Å². The van der Waals surface area contributed by atoms with Crippen LogP contribution in [0.1, 0.15) is 43.4 Å². The van der Waals surface area contributed by atoms with Gasteiger partial charge in [-0.3, -0.25) is 24.1 Å². The summed E-state index contributed by atoms with van der Waals surface area (Å²) in [6.45, 7) is 0.893. The number of likely N-dealkylation sites (tertiary alicyclic amines) is 1. The number of thiazole rings is 1. The van der Waals surface area contributed by atoms with E-state index in [1.165, 1.54) is 11.8 Å². The monoisotopic (exact) mass is 725 g/mol. The predicted octanol–water partition coefficient (Wildman–Crippen LogP) is -0.118. The number of nitrogens with zero attached hydrogens (tertiary/aromatic N) is 5. The third-order valence-corrected chi connectivity index (χ3v) is 10.7. The van der Waals surface area contributed by atoms with Gasteiger partial charge < -0.3 is 36.3 Å². The van der Waals surface area contributed by atoms with Crippen molar-refractivity contribution >= 4 is 63.5 Å². The molecular formula is C32H37N8O8S2+. The lowest BCUT2D eigenvalue weighted by Gasteiger charge is -2.49. The molecule has 3 aliphatic heterocycles. The van der Waals surface area contributed by atoms with Crippen molar-refractivity contribution in [1.82, 2.24) is 25.4 Å². The normalized spacial score (nSPS) is 21.8. The molecule has 264 valence electrons. The summed E-state index contributed by atoms with van der Waals surface area (Å²) < 4.78 is 1.68. The maximum absolute atomic E-state index is 13.4. The summed E-state index contributed by atoms with van der Waals surface area (Å²) in [5, 5.41) is 29.5. The second-order valence-corrected chi connectivity index (χ2v) is 14.2. The van der Waals surface area contributed by atoms with Gasteiger partial charge in [0.1, 0.15) is 28.9 Å². The number of anilines is 1. The van der Waals surface area contributed by atoms with Gasteiger partial charge in [0.2, 0.25) is 12.5 Å². The predicted molar refractivity (Wildman–Crippen MR) is 181 cm³/mol. The molecule has 5 heterocycles. The van der Waals surface area contributed by atoms with Gasteiger partial charge in [0, 0.05) is 48.5 Å². The molecule has 3 fully saturated rings. The fourth-order valence-electron chi connectivity index (χ4n) is 6.18. The second kappa shape index (κ2) is 15.4. The van der Waals surface area contributed by atoms with Crippen molar-refractivity contribution in [3.63, 3.8) is 0 Å². The lowest BCUT2D eigenvalue weighted by Crippen LogP contribution is -2.71. The van der Waals surface area contributed by atoms with Crippen molar-refractivity contribution in [2.24, 2.45) is 5.16 Å². The van der Waals surface area contributed by atoms with Crippen LogP contribution in [0.3, 0.4) is 0 Å². The van der Waals surface area contributed by atoms with Crippen LogP contribution in [-0.2, 0) is 41.9 Å². The number of hydrogen-bond acceptors (Lipinski definition) is 12. The number of aliphatic hydroxyl groups is 1. The zero-order valence-electron chi connectivity index (χ0n) is 26.9. The molecule has 0 aromatic carbocycles. The van der Waals surface area contributed by atoms with Crippen molar-refractivity contribution in [2.45, 2.75) is 62.7 Å². The smallest absolute Gasteiger partial charge is 0.352 e. The molecule has 2 aromatic rings. The number of aliphatic hydroxyl groups excluding tert-OH is 1. The Kier molecular flexibility index (Phi) is 10.8. The number of oxime groups is 1. The zero-order valence-corrected chi connectivity index (χ0v) is 28.6. The van der Waals surface area contributed by atoms with E-state index in [-0.39, 0.29) is 65.6 Å². The minimum atomic E-state index is -1.31. The molecule has 0 radical (unpaired) electrons. The zero-order chi connectivity index (χ0) is 35.4. The van der Waals surface area contributed by atoms with Gasteiger partial charge in [-0.2, -0.15) is 4.57 Å². The van der Waals surface area contributed by atoms with E-state index in [4.69, 9.17) is 15.7 Å². The summed E-state index contributed by atoms with van der Waals surface area (Å²) in [4.78, 5) is 77.1. The highest BCUT2D eigenvalue weighted by Gasteiger charge is 2.54. The maximum atomic E-state index is 13.4. The van der Waals surface area contributed by atoms with Crippen molar-refractivity contribution in [1.29, 1.82) is 0 Å². The van der Waals surface area contributed by atoms with Gasteiger partial charge >= 0.3 is 5.97 Å². The van der Waals surface area contributed by atoms with E-state index >= 15 is 0 Å². The van der Waals surface area contributed by atoms with E-state index in [1.54, 1.807) is 33.3 Å². The number of aromatic nitrogens is 2. The highest BCUT2D eigenvalue weighted by Crippen LogP contribution is 2.41. The number of carboxylic acids is 1. The van der Waals surface area contributed by atoms with Crippen molar-refractivity contribution in [2.75, 3.05) is 31.2 Å². The average Bonchev–Trinajstić information content (AvgIpc) is 3.86. The number of carbonyl (C=O) groups excluding carboxylic acids is 4. The van der Waals surface area contributed by atoms with Gasteiger partial charge in [0.05, 0.1) is 6.61 Å². The molecule has 4 aliphatic rings. The lowest BCUT2D eigenvalue weighted by atomic mass is 10.0. The van der Waals surface area contributed by atoms with E-state index < -0.39 is 29.2 Å². The third-order valence-electron chi connectivity index (χ3n) is 8.72. The van der Waals surface area contributed by atoms with Gasteiger partial charge in [-0.05, 0) is 49.3 Å². The Morgan fingerprint density at radius 2 is 1.96 bits per heavy atom. The Bertz CT molecular complexity index is 1770. The summed E-state index contributed by atoms with van der Waals surface area (Å²) >= 11 is 2.43. The molecule has 6 N–H and O–H groups in total. The summed E-state index contributed by atoms with van der Waals surface area (Å²) in [5.41, 5.74) is 7.30. The van der Waals surface area contributed by atoms with Crippen LogP contribution in [0, 0.1) is 0 Å². The molecule has 1 saturated carbocycles. The number of nitrogens with one attached hydrogen (secondary N) is 2. The fraction of sp³-hybridized carbons (Fsp3) is 0.438. The number of amides is 4. The SMILES string of the molecule is Nc1nc(/C(=N/OC2CCCC2)C(=O)N[C@@H]2C(=O)N3C(C(=O)O)=C(/C=C4\CCN(Cc5cc[n+](CC(=O)NCCO)cc5)C4=O)CS[C@H]23)cs1. The summed E-state index contributed by atoms with van der Waals surface area (Å²) in [5.74, 6) is -2.85. The average molecular weight is 726 g/mol. The molecule has 0 unspecified atom stereocenters. The minimum Gasteiger partial charge on any atom is -0.477 e. The third kappa shape index (κ3) is 7.66. The van der Waals surface area contributed by atoms with Crippen LogP contribution in [0.25, 0.3) is 0 Å². The van der Waals surface area contributed by atoms with Gasteiger partial charge in [-0.25, -0.2) is 9.78 Å². The first-order valence-corrected chi connectivity index (χ1v) is 18.1. The van der Waals surface area contributed by atoms with Gasteiger partial charge in [0.25, 0.3) is 17.7 Å². The standard InChI is InChI=1S/C32H36N8O8S2/c33-32-35-22(17-50-32)24(37-48-21-3-1-2-4-21)27(43)36-25-29(45)40-26(31(46)47)20(16-49-30(25)40)13-19-7-11-39(28(19)44)14-18-5-9-38(10-6-18)15-23(42)34-8-12-41/h5-6,9-10,13,17,21,25,30,41H,1-4,7-8,11-12,14-16H2,(H4-,33,34,35,36,42,43,46,47)/p+1/b19-13+,37-24-/t25-,30-/m1/s1. The summed E-state index contributed by atoms with van der Waals surface area (Å²) in [6, 6.07) is 2.61. The molecule has 2 saturated heterocycles. The number of nitrogens with two attached hydrogens (primary N) is 1. The fourth-order valence-corrected chi connectivity index (χ4v) is 8.04. The molecule has 18 heteroatoms. The number of nitrogen functional groups attached to an aromatic ring is 1. The van der Waals surface area contributed by atoms with Gasteiger partial charge in [-0.15, -0.1) is 23.1 Å². The van der Waals surface area contributed by atoms with Crippen LogP contribution < -0.4 is 20.9 Å². The molecular weight excluding hydrogens is 689 g/mol. The minimum absolute atomic E-state index is 0.0924. The first-order chi connectivity index (χ1) is 24.1. The Morgan fingerprint density at radius 1 is 1.20 bits per heavy atom. The highest BCUT2D eigenvalue weighted by atomic mass is 32.2. The molecule has 50 heavy (non-hydrogen) atoms. The number of hydrogen-bond donors (Lipinski definition) is 5. The number of β-lactam (4-membered cyclic amide) rings is 1. The summed E-state index contributed by atoms with van der Waals surface area (Å²) in [6.07, 6.45) is 8.97. The van der Waals surface area contributed by atoms with Crippen LogP contribution in [0.4, 0.5) is 5.13 Å². The number of aliphatic carboxylic acids is 1.